The molecular weight excluding hydrogens is 244 g/mol. The molecular formula is C13H24N4O2. The van der Waals surface area contributed by atoms with Gasteiger partial charge >= 0.3 is 0 Å². The average molecular weight is 268 g/mol. The van der Waals surface area contributed by atoms with Gasteiger partial charge in [-0.25, -0.2) is 0 Å². The molecule has 1 saturated carbocycles. The van der Waals surface area contributed by atoms with Crippen molar-refractivity contribution in [3.05, 3.63) is 0 Å². The Morgan fingerprint density at radius 2 is 1.84 bits per heavy atom. The molecule has 1 saturated heterocycles. The highest BCUT2D eigenvalue weighted by atomic mass is 16.4. The third-order valence-electron chi connectivity index (χ3n) is 4.44. The van der Waals surface area contributed by atoms with Gasteiger partial charge in [0.15, 0.2) is 5.84 Å². The molecule has 2 fully saturated rings. The van der Waals surface area contributed by atoms with Crippen molar-refractivity contribution in [1.82, 2.24) is 9.80 Å². The second kappa shape index (κ2) is 5.77. The molecule has 1 amide bonds. The molecule has 19 heavy (non-hydrogen) atoms. The number of rotatable bonds is 4. The molecule has 1 heterocycles. The maximum absolute atomic E-state index is 12.3. The van der Waals surface area contributed by atoms with Crippen LogP contribution in [0.4, 0.5) is 0 Å². The SMILES string of the molecule is CC(C(=O)N1CCN(C(C)C(N)=NO)CC1)C1CC1. The van der Waals surface area contributed by atoms with Crippen molar-refractivity contribution < 1.29 is 10.0 Å². The van der Waals surface area contributed by atoms with Crippen LogP contribution in [-0.4, -0.2) is 59.0 Å². The Morgan fingerprint density at radius 3 is 2.32 bits per heavy atom. The monoisotopic (exact) mass is 268 g/mol. The van der Waals surface area contributed by atoms with Gasteiger partial charge in [0, 0.05) is 32.1 Å². The minimum absolute atomic E-state index is 0.0805. The van der Waals surface area contributed by atoms with E-state index in [9.17, 15) is 4.79 Å². The Bertz CT molecular complexity index is 360. The first-order valence-electron chi connectivity index (χ1n) is 7.05. The van der Waals surface area contributed by atoms with Crippen molar-refractivity contribution in [2.24, 2.45) is 22.7 Å². The van der Waals surface area contributed by atoms with Crippen LogP contribution in [0.3, 0.4) is 0 Å². The molecule has 6 heteroatoms. The van der Waals surface area contributed by atoms with Gasteiger partial charge in [-0.1, -0.05) is 12.1 Å². The molecule has 0 aromatic heterocycles. The van der Waals surface area contributed by atoms with Crippen molar-refractivity contribution in [1.29, 1.82) is 0 Å². The molecule has 3 N–H and O–H groups in total. The number of carbonyl (C=O) groups excluding carboxylic acids is 1. The highest BCUT2D eigenvalue weighted by molar-refractivity contribution is 5.84. The van der Waals surface area contributed by atoms with Gasteiger partial charge in [0.1, 0.15) is 0 Å². The van der Waals surface area contributed by atoms with E-state index in [1.165, 1.54) is 12.8 Å². The fourth-order valence-corrected chi connectivity index (χ4v) is 2.69. The van der Waals surface area contributed by atoms with Gasteiger partial charge < -0.3 is 15.8 Å². The first-order valence-corrected chi connectivity index (χ1v) is 7.05. The summed E-state index contributed by atoms with van der Waals surface area (Å²) in [6, 6.07) is -0.0805. The van der Waals surface area contributed by atoms with Crippen LogP contribution in [-0.2, 0) is 4.79 Å². The molecule has 108 valence electrons. The van der Waals surface area contributed by atoms with Crippen LogP contribution in [0.1, 0.15) is 26.7 Å². The van der Waals surface area contributed by atoms with Gasteiger partial charge in [-0.15, -0.1) is 0 Å². The van der Waals surface area contributed by atoms with Crippen molar-refractivity contribution in [2.45, 2.75) is 32.7 Å². The molecule has 2 atom stereocenters. The van der Waals surface area contributed by atoms with E-state index in [0.717, 1.165) is 26.2 Å². The van der Waals surface area contributed by atoms with E-state index in [1.54, 1.807) is 0 Å². The Balaban J connectivity index is 1.83. The molecule has 2 aliphatic rings. The second-order valence-electron chi connectivity index (χ2n) is 5.69. The zero-order chi connectivity index (χ0) is 14.0. The van der Waals surface area contributed by atoms with E-state index < -0.39 is 0 Å². The van der Waals surface area contributed by atoms with Crippen LogP contribution in [0.15, 0.2) is 5.16 Å². The Labute approximate surface area is 114 Å². The zero-order valence-electron chi connectivity index (χ0n) is 11.7. The number of nitrogens with zero attached hydrogens (tertiary/aromatic N) is 3. The summed E-state index contributed by atoms with van der Waals surface area (Å²) in [6.45, 7) is 6.99. The largest absolute Gasteiger partial charge is 0.409 e. The highest BCUT2D eigenvalue weighted by Crippen LogP contribution is 2.37. The van der Waals surface area contributed by atoms with Gasteiger partial charge in [-0.2, -0.15) is 0 Å². The molecule has 0 aromatic carbocycles. The molecule has 0 spiro atoms. The molecule has 2 rings (SSSR count). The summed E-state index contributed by atoms with van der Waals surface area (Å²) >= 11 is 0. The summed E-state index contributed by atoms with van der Waals surface area (Å²) in [6.07, 6.45) is 2.40. The van der Waals surface area contributed by atoms with Crippen LogP contribution in [0.25, 0.3) is 0 Å². The Morgan fingerprint density at radius 1 is 1.26 bits per heavy atom. The Kier molecular flexibility index (Phi) is 4.29. The summed E-state index contributed by atoms with van der Waals surface area (Å²) in [5.41, 5.74) is 5.62. The van der Waals surface area contributed by atoms with Crippen molar-refractivity contribution in [3.63, 3.8) is 0 Å². The predicted octanol–water partition coefficient (Wildman–Crippen LogP) is 0.312. The first kappa shape index (κ1) is 14.1. The number of oxime groups is 1. The molecule has 0 aromatic rings. The lowest BCUT2D eigenvalue weighted by Gasteiger charge is -2.38. The maximum Gasteiger partial charge on any atom is 0.225 e. The second-order valence-corrected chi connectivity index (χ2v) is 5.69. The molecule has 0 radical (unpaired) electrons. The average Bonchev–Trinajstić information content (AvgIpc) is 3.28. The third kappa shape index (κ3) is 3.18. The number of amides is 1. The van der Waals surface area contributed by atoms with E-state index in [0.29, 0.717) is 11.8 Å². The van der Waals surface area contributed by atoms with Crippen LogP contribution >= 0.6 is 0 Å². The normalized spacial score (nSPS) is 25.2. The lowest BCUT2D eigenvalue weighted by atomic mass is 10.0. The summed E-state index contributed by atoms with van der Waals surface area (Å²) < 4.78 is 0. The quantitative estimate of drug-likeness (QED) is 0.333. The highest BCUT2D eigenvalue weighted by Gasteiger charge is 2.36. The van der Waals surface area contributed by atoms with Crippen molar-refractivity contribution in [2.75, 3.05) is 26.2 Å². The number of nitrogens with two attached hydrogens (primary N) is 1. The van der Waals surface area contributed by atoms with Crippen molar-refractivity contribution in [3.8, 4) is 0 Å². The fraction of sp³-hybridized carbons (Fsp3) is 0.846. The number of piperazine rings is 1. The van der Waals surface area contributed by atoms with E-state index >= 15 is 0 Å². The van der Waals surface area contributed by atoms with E-state index in [-0.39, 0.29) is 17.8 Å². The summed E-state index contributed by atoms with van der Waals surface area (Å²) in [5, 5.41) is 11.7. The number of carbonyl (C=O) groups is 1. The fourth-order valence-electron chi connectivity index (χ4n) is 2.69. The minimum atomic E-state index is -0.0805. The van der Waals surface area contributed by atoms with Gasteiger partial charge in [-0.3, -0.25) is 9.69 Å². The number of hydrogen-bond acceptors (Lipinski definition) is 4. The number of amidine groups is 1. The number of hydrogen-bond donors (Lipinski definition) is 2. The topological polar surface area (TPSA) is 82.2 Å². The summed E-state index contributed by atoms with van der Waals surface area (Å²) in [7, 11) is 0. The first-order chi connectivity index (χ1) is 9.04. The van der Waals surface area contributed by atoms with E-state index in [2.05, 4.69) is 10.1 Å². The zero-order valence-corrected chi connectivity index (χ0v) is 11.7. The summed E-state index contributed by atoms with van der Waals surface area (Å²) in [4.78, 5) is 16.4. The third-order valence-corrected chi connectivity index (χ3v) is 4.44. The molecule has 1 aliphatic carbocycles. The predicted molar refractivity (Wildman–Crippen MR) is 72.9 cm³/mol. The lowest BCUT2D eigenvalue weighted by molar-refractivity contribution is -0.137. The van der Waals surface area contributed by atoms with Crippen LogP contribution < -0.4 is 5.73 Å². The van der Waals surface area contributed by atoms with Crippen LogP contribution in [0, 0.1) is 11.8 Å². The van der Waals surface area contributed by atoms with Gasteiger partial charge in [0.05, 0.1) is 6.04 Å². The van der Waals surface area contributed by atoms with Crippen molar-refractivity contribution >= 4 is 11.7 Å². The van der Waals surface area contributed by atoms with E-state index in [4.69, 9.17) is 10.9 Å². The lowest BCUT2D eigenvalue weighted by Crippen LogP contribution is -2.55. The van der Waals surface area contributed by atoms with Gasteiger partial charge in [-0.05, 0) is 25.7 Å². The molecule has 1 aliphatic heterocycles. The van der Waals surface area contributed by atoms with Crippen LogP contribution in [0.5, 0.6) is 0 Å². The van der Waals surface area contributed by atoms with Crippen LogP contribution in [0.2, 0.25) is 0 Å². The van der Waals surface area contributed by atoms with E-state index in [1.807, 2.05) is 18.7 Å². The van der Waals surface area contributed by atoms with Gasteiger partial charge in [0.25, 0.3) is 0 Å². The maximum atomic E-state index is 12.3. The standard InChI is InChI=1S/C13H24N4O2/c1-9(11-3-4-11)13(18)17-7-5-16(6-8-17)10(2)12(14)15-19/h9-11,19H,3-8H2,1-2H3,(H2,14,15). The molecule has 0 bridgehead atoms. The molecule has 6 nitrogen and oxygen atoms in total. The minimum Gasteiger partial charge on any atom is -0.409 e. The van der Waals surface area contributed by atoms with Gasteiger partial charge in [0.2, 0.25) is 5.91 Å². The molecule has 2 unspecified atom stereocenters. The smallest absolute Gasteiger partial charge is 0.225 e. The Hall–Kier alpha value is -1.30. The summed E-state index contributed by atoms with van der Waals surface area (Å²) in [5.74, 6) is 1.30.